The molecule has 7 heteroatoms. The van der Waals surface area contributed by atoms with Crippen molar-refractivity contribution < 1.29 is 14.3 Å². The zero-order chi connectivity index (χ0) is 17.8. The number of carbonyl (C=O) groups is 2. The highest BCUT2D eigenvalue weighted by Crippen LogP contribution is 2.48. The topological polar surface area (TPSA) is 46.6 Å². The third-order valence-corrected chi connectivity index (χ3v) is 5.74. The van der Waals surface area contributed by atoms with Crippen molar-refractivity contribution in [2.24, 2.45) is 0 Å². The summed E-state index contributed by atoms with van der Waals surface area (Å²) >= 11 is 9.01. The third-order valence-electron chi connectivity index (χ3n) is 3.49. The Morgan fingerprint density at radius 2 is 1.88 bits per heavy atom. The fourth-order valence-corrected chi connectivity index (χ4v) is 4.35. The number of hydrogen-bond acceptors (Lipinski definition) is 5. The summed E-state index contributed by atoms with van der Waals surface area (Å²) in [7, 11) is 0. The van der Waals surface area contributed by atoms with Crippen LogP contribution < -0.4 is 4.90 Å². The highest BCUT2D eigenvalue weighted by molar-refractivity contribution is 8.00. The van der Waals surface area contributed by atoms with Crippen molar-refractivity contribution in [1.29, 1.82) is 0 Å². The maximum Gasteiger partial charge on any atom is 0.315 e. The molecule has 0 fully saturated rings. The summed E-state index contributed by atoms with van der Waals surface area (Å²) < 4.78 is 4.89. The molecule has 130 valence electrons. The van der Waals surface area contributed by atoms with Crippen molar-refractivity contribution in [2.75, 3.05) is 23.0 Å². The number of anilines is 2. The maximum absolute atomic E-state index is 12.9. The van der Waals surface area contributed by atoms with Gasteiger partial charge in [-0.05, 0) is 37.3 Å². The van der Waals surface area contributed by atoms with E-state index < -0.39 is 0 Å². The molecule has 0 spiro atoms. The minimum Gasteiger partial charge on any atom is -0.465 e. The van der Waals surface area contributed by atoms with Crippen LogP contribution in [0.4, 0.5) is 11.4 Å². The van der Waals surface area contributed by atoms with Gasteiger partial charge in [-0.25, -0.2) is 0 Å². The summed E-state index contributed by atoms with van der Waals surface area (Å²) in [6.07, 6.45) is 0. The molecule has 0 bridgehead atoms. The van der Waals surface area contributed by atoms with Crippen LogP contribution in [0, 0.1) is 0 Å². The van der Waals surface area contributed by atoms with Gasteiger partial charge in [0.05, 0.1) is 29.5 Å². The van der Waals surface area contributed by atoms with Crippen LogP contribution >= 0.6 is 35.1 Å². The first-order valence-corrected chi connectivity index (χ1v) is 10.1. The Morgan fingerprint density at radius 3 is 2.68 bits per heavy atom. The van der Waals surface area contributed by atoms with Gasteiger partial charge in [0, 0.05) is 14.8 Å². The van der Waals surface area contributed by atoms with E-state index in [1.807, 2.05) is 36.4 Å². The van der Waals surface area contributed by atoms with Crippen molar-refractivity contribution in [2.45, 2.75) is 16.7 Å². The van der Waals surface area contributed by atoms with Crippen LogP contribution in [-0.2, 0) is 14.3 Å². The standard InChI is InChI=1S/C18H16ClNO3S2/c1-2-23-18(22)11-24-10-17(21)20-13-5-3-4-6-15(13)25-16-8-7-12(19)9-14(16)20/h3-9H,2,10-11H2,1H3. The molecular weight excluding hydrogens is 378 g/mol. The number of esters is 1. The lowest BCUT2D eigenvalue weighted by Gasteiger charge is -2.31. The zero-order valence-corrected chi connectivity index (χ0v) is 15.9. The SMILES string of the molecule is CCOC(=O)CSCC(=O)N1c2ccccc2Sc2ccc(Cl)cc21. The Labute approximate surface area is 159 Å². The number of fused-ring (bicyclic) bond motifs is 2. The van der Waals surface area contributed by atoms with Gasteiger partial charge in [0.1, 0.15) is 0 Å². The molecule has 2 aromatic carbocycles. The van der Waals surface area contributed by atoms with E-state index in [1.165, 1.54) is 11.8 Å². The van der Waals surface area contributed by atoms with Gasteiger partial charge >= 0.3 is 5.97 Å². The summed E-state index contributed by atoms with van der Waals surface area (Å²) in [5.74, 6) is -0.0559. The molecule has 0 atom stereocenters. The molecule has 0 N–H and O–H groups in total. The lowest BCUT2D eigenvalue weighted by Crippen LogP contribution is -2.30. The average molecular weight is 394 g/mol. The minimum atomic E-state index is -0.307. The number of halogens is 1. The van der Waals surface area contributed by atoms with Crippen molar-refractivity contribution in [1.82, 2.24) is 0 Å². The van der Waals surface area contributed by atoms with Crippen molar-refractivity contribution in [3.63, 3.8) is 0 Å². The van der Waals surface area contributed by atoms with Gasteiger partial charge in [-0.15, -0.1) is 11.8 Å². The second kappa shape index (κ2) is 8.17. The predicted octanol–water partition coefficient (Wildman–Crippen LogP) is 4.77. The Balaban J connectivity index is 1.83. The van der Waals surface area contributed by atoms with Crippen molar-refractivity contribution >= 4 is 58.4 Å². The first-order chi connectivity index (χ1) is 12.1. The van der Waals surface area contributed by atoms with Gasteiger partial charge in [-0.3, -0.25) is 14.5 Å². The number of thioether (sulfide) groups is 1. The molecular formula is C18H16ClNO3S2. The Hall–Kier alpha value is -1.63. The summed E-state index contributed by atoms with van der Waals surface area (Å²) in [5.41, 5.74) is 1.61. The van der Waals surface area contributed by atoms with Gasteiger partial charge in [-0.2, -0.15) is 0 Å². The number of rotatable bonds is 5. The van der Waals surface area contributed by atoms with Crippen LogP contribution in [0.3, 0.4) is 0 Å². The highest BCUT2D eigenvalue weighted by atomic mass is 35.5. The van der Waals surface area contributed by atoms with Crippen LogP contribution in [0.2, 0.25) is 5.02 Å². The van der Waals surface area contributed by atoms with Gasteiger partial charge in [0.15, 0.2) is 0 Å². The van der Waals surface area contributed by atoms with E-state index in [2.05, 4.69) is 0 Å². The van der Waals surface area contributed by atoms with Gasteiger partial charge < -0.3 is 4.74 Å². The van der Waals surface area contributed by atoms with Crippen LogP contribution in [0.25, 0.3) is 0 Å². The molecule has 25 heavy (non-hydrogen) atoms. The minimum absolute atomic E-state index is 0.0921. The molecule has 1 aliphatic heterocycles. The molecule has 1 amide bonds. The molecule has 0 unspecified atom stereocenters. The fraction of sp³-hybridized carbons (Fsp3) is 0.222. The largest absolute Gasteiger partial charge is 0.465 e. The first kappa shape index (κ1) is 18.2. The number of nitrogens with zero attached hydrogens (tertiary/aromatic N) is 1. The predicted molar refractivity (Wildman–Crippen MR) is 103 cm³/mol. The molecule has 0 aliphatic carbocycles. The van der Waals surface area contributed by atoms with Crippen molar-refractivity contribution in [3.05, 3.63) is 47.5 Å². The molecule has 0 saturated heterocycles. The van der Waals surface area contributed by atoms with Crippen LogP contribution in [-0.4, -0.2) is 30.0 Å². The number of amides is 1. The molecule has 0 aromatic heterocycles. The Bertz CT molecular complexity index is 813. The maximum atomic E-state index is 12.9. The molecule has 2 aromatic rings. The van der Waals surface area contributed by atoms with E-state index >= 15 is 0 Å². The monoisotopic (exact) mass is 393 g/mol. The molecule has 3 rings (SSSR count). The van der Waals surface area contributed by atoms with E-state index in [4.69, 9.17) is 16.3 Å². The smallest absolute Gasteiger partial charge is 0.315 e. The normalized spacial score (nSPS) is 12.3. The Kier molecular flexibility index (Phi) is 5.93. The number of hydrogen-bond donors (Lipinski definition) is 0. The Morgan fingerprint density at radius 1 is 1.12 bits per heavy atom. The number of carbonyl (C=O) groups excluding carboxylic acids is 2. The molecule has 1 heterocycles. The fourth-order valence-electron chi connectivity index (χ4n) is 2.49. The summed E-state index contributed by atoms with van der Waals surface area (Å²) in [6, 6.07) is 13.3. The second-order valence-electron chi connectivity index (χ2n) is 5.21. The summed E-state index contributed by atoms with van der Waals surface area (Å²) in [6.45, 7) is 2.10. The lowest BCUT2D eigenvalue weighted by molar-refractivity contribution is -0.139. The third kappa shape index (κ3) is 4.14. The highest BCUT2D eigenvalue weighted by Gasteiger charge is 2.28. The lowest BCUT2D eigenvalue weighted by atomic mass is 10.2. The average Bonchev–Trinajstić information content (AvgIpc) is 2.60. The first-order valence-electron chi connectivity index (χ1n) is 7.73. The molecule has 0 saturated carbocycles. The van der Waals surface area contributed by atoms with Crippen LogP contribution in [0.5, 0.6) is 0 Å². The molecule has 0 radical (unpaired) electrons. The van der Waals surface area contributed by atoms with Gasteiger partial charge in [0.2, 0.25) is 5.91 Å². The van der Waals surface area contributed by atoms with Crippen LogP contribution in [0.15, 0.2) is 52.3 Å². The summed E-state index contributed by atoms with van der Waals surface area (Å²) in [4.78, 5) is 28.0. The van der Waals surface area contributed by atoms with Gasteiger partial charge in [0.25, 0.3) is 0 Å². The number of ether oxygens (including phenoxy) is 1. The van der Waals surface area contributed by atoms with Crippen molar-refractivity contribution in [3.8, 4) is 0 Å². The van der Waals surface area contributed by atoms with E-state index in [-0.39, 0.29) is 23.4 Å². The summed E-state index contributed by atoms with van der Waals surface area (Å²) in [5, 5.41) is 0.579. The number of para-hydroxylation sites is 1. The van der Waals surface area contributed by atoms with Crippen LogP contribution in [0.1, 0.15) is 6.92 Å². The zero-order valence-electron chi connectivity index (χ0n) is 13.5. The van der Waals surface area contributed by atoms with E-state index in [0.717, 1.165) is 21.2 Å². The van der Waals surface area contributed by atoms with Gasteiger partial charge in [-0.1, -0.05) is 35.5 Å². The van der Waals surface area contributed by atoms with E-state index in [1.54, 1.807) is 29.7 Å². The van der Waals surface area contributed by atoms with E-state index in [0.29, 0.717) is 11.6 Å². The molecule has 1 aliphatic rings. The number of benzene rings is 2. The second-order valence-corrected chi connectivity index (χ2v) is 7.71. The quantitative estimate of drug-likeness (QED) is 0.685. The molecule has 4 nitrogen and oxygen atoms in total. The van der Waals surface area contributed by atoms with E-state index in [9.17, 15) is 9.59 Å².